The van der Waals surface area contributed by atoms with Crippen molar-refractivity contribution in [3.63, 3.8) is 0 Å². The van der Waals surface area contributed by atoms with Gasteiger partial charge in [0.05, 0.1) is 7.11 Å². The molecule has 0 saturated heterocycles. The van der Waals surface area contributed by atoms with Crippen LogP contribution in [0.4, 0.5) is 0 Å². The second kappa shape index (κ2) is 7.91. The Bertz CT molecular complexity index is 816. The van der Waals surface area contributed by atoms with Gasteiger partial charge in [0.25, 0.3) is 5.91 Å². The summed E-state index contributed by atoms with van der Waals surface area (Å²) in [7, 11) is 1.60. The second-order valence-electron chi connectivity index (χ2n) is 7.12. The van der Waals surface area contributed by atoms with Crippen molar-refractivity contribution in [2.45, 2.75) is 25.2 Å². The van der Waals surface area contributed by atoms with E-state index < -0.39 is 0 Å². The van der Waals surface area contributed by atoms with Crippen molar-refractivity contribution in [1.29, 1.82) is 0 Å². The molecule has 1 N–H and O–H groups in total. The molecule has 1 heterocycles. The predicted octanol–water partition coefficient (Wildman–Crippen LogP) is 3.78. The summed E-state index contributed by atoms with van der Waals surface area (Å²) in [6, 6.07) is 13.5. The van der Waals surface area contributed by atoms with Crippen molar-refractivity contribution >= 4 is 5.91 Å². The Balaban J connectivity index is 1.38. The molecule has 1 saturated carbocycles. The van der Waals surface area contributed by atoms with Gasteiger partial charge in [0.15, 0.2) is 11.5 Å². The fraction of sp³-hybridized carbons (Fsp3) is 0.409. The molecule has 4 rings (SSSR count). The van der Waals surface area contributed by atoms with E-state index in [9.17, 15) is 4.79 Å². The van der Waals surface area contributed by atoms with Crippen LogP contribution < -0.4 is 19.5 Å². The van der Waals surface area contributed by atoms with Gasteiger partial charge in [-0.2, -0.15) is 0 Å². The fourth-order valence-electron chi connectivity index (χ4n) is 3.67. The maximum Gasteiger partial charge on any atom is 0.251 e. The molecule has 1 amide bonds. The summed E-state index contributed by atoms with van der Waals surface area (Å²) in [4.78, 5) is 12.4. The van der Waals surface area contributed by atoms with Crippen molar-refractivity contribution in [2.75, 3.05) is 26.9 Å². The Labute approximate surface area is 159 Å². The van der Waals surface area contributed by atoms with E-state index in [-0.39, 0.29) is 5.91 Å². The van der Waals surface area contributed by atoms with E-state index in [2.05, 4.69) is 17.4 Å². The average molecular weight is 367 g/mol. The quantitative estimate of drug-likeness (QED) is 0.809. The second-order valence-corrected chi connectivity index (χ2v) is 7.12. The molecule has 2 aliphatic rings. The number of fused-ring (bicyclic) bond motifs is 1. The molecule has 0 bridgehead atoms. The fourth-order valence-corrected chi connectivity index (χ4v) is 3.67. The molecule has 5 nitrogen and oxygen atoms in total. The lowest BCUT2D eigenvalue weighted by atomic mass is 9.90. The van der Waals surface area contributed by atoms with Crippen LogP contribution in [0.3, 0.4) is 0 Å². The number of benzene rings is 2. The molecule has 2 aromatic carbocycles. The van der Waals surface area contributed by atoms with E-state index in [1.807, 2.05) is 18.2 Å². The van der Waals surface area contributed by atoms with Crippen LogP contribution in [-0.4, -0.2) is 32.8 Å². The number of hydrogen-bond acceptors (Lipinski definition) is 4. The van der Waals surface area contributed by atoms with E-state index in [4.69, 9.17) is 14.2 Å². The average Bonchev–Trinajstić information content (AvgIpc) is 3.56. The van der Waals surface area contributed by atoms with E-state index in [0.29, 0.717) is 42.9 Å². The molecule has 1 unspecified atom stereocenters. The molecule has 0 radical (unpaired) electrons. The van der Waals surface area contributed by atoms with Gasteiger partial charge in [-0.1, -0.05) is 12.1 Å². The highest BCUT2D eigenvalue weighted by Gasteiger charge is 2.32. The first kappa shape index (κ1) is 17.7. The number of carbonyl (C=O) groups is 1. The minimum atomic E-state index is -0.0642. The zero-order chi connectivity index (χ0) is 18.6. The first-order valence-electron chi connectivity index (χ1n) is 9.56. The van der Waals surface area contributed by atoms with Crippen LogP contribution in [0.5, 0.6) is 17.2 Å². The molecule has 0 spiro atoms. The number of rotatable bonds is 7. The summed E-state index contributed by atoms with van der Waals surface area (Å²) in [5, 5.41) is 3.05. The van der Waals surface area contributed by atoms with Crippen LogP contribution in [0, 0.1) is 5.92 Å². The number of methoxy groups -OCH3 is 1. The van der Waals surface area contributed by atoms with Gasteiger partial charge in [-0.25, -0.2) is 0 Å². The number of amides is 1. The van der Waals surface area contributed by atoms with E-state index >= 15 is 0 Å². The molecule has 27 heavy (non-hydrogen) atoms. The summed E-state index contributed by atoms with van der Waals surface area (Å²) in [6.07, 6.45) is 3.42. The standard InChI is InChI=1S/C22H25NO4/c1-25-18-4-2-3-17(13-18)22(24)23-10-9-19(15-5-6-15)16-7-8-20-21(14-16)27-12-11-26-20/h2-4,7-8,13-15,19H,5-6,9-12H2,1H3,(H,23,24). The third-order valence-electron chi connectivity index (χ3n) is 5.26. The predicted molar refractivity (Wildman–Crippen MR) is 103 cm³/mol. The van der Waals surface area contributed by atoms with Crippen LogP contribution in [-0.2, 0) is 0 Å². The molecule has 5 heteroatoms. The SMILES string of the molecule is COc1cccc(C(=O)NCCC(c2ccc3c(c2)OCCO3)C2CC2)c1. The van der Waals surface area contributed by atoms with Gasteiger partial charge in [-0.05, 0) is 67.0 Å². The minimum Gasteiger partial charge on any atom is -0.497 e. The number of nitrogens with one attached hydrogen (secondary N) is 1. The Morgan fingerprint density at radius 1 is 1.15 bits per heavy atom. The minimum absolute atomic E-state index is 0.0642. The molecule has 1 fully saturated rings. The van der Waals surface area contributed by atoms with Crippen LogP contribution in [0.2, 0.25) is 0 Å². The van der Waals surface area contributed by atoms with E-state index in [0.717, 1.165) is 17.9 Å². The van der Waals surface area contributed by atoms with Gasteiger partial charge in [0.1, 0.15) is 19.0 Å². The van der Waals surface area contributed by atoms with Crippen molar-refractivity contribution in [2.24, 2.45) is 5.92 Å². The lowest BCUT2D eigenvalue weighted by Crippen LogP contribution is -2.26. The van der Waals surface area contributed by atoms with Crippen LogP contribution in [0.25, 0.3) is 0 Å². The van der Waals surface area contributed by atoms with Gasteiger partial charge in [0, 0.05) is 12.1 Å². The molecular formula is C22H25NO4. The Hall–Kier alpha value is -2.69. The summed E-state index contributed by atoms with van der Waals surface area (Å²) in [6.45, 7) is 1.85. The molecule has 1 aliphatic carbocycles. The number of ether oxygens (including phenoxy) is 3. The first-order valence-corrected chi connectivity index (χ1v) is 9.56. The topological polar surface area (TPSA) is 56.8 Å². The van der Waals surface area contributed by atoms with Crippen LogP contribution in [0.15, 0.2) is 42.5 Å². The lowest BCUT2D eigenvalue weighted by molar-refractivity contribution is 0.0951. The third kappa shape index (κ3) is 4.18. The van der Waals surface area contributed by atoms with Crippen molar-refractivity contribution in [1.82, 2.24) is 5.32 Å². The van der Waals surface area contributed by atoms with Gasteiger partial charge >= 0.3 is 0 Å². The Morgan fingerprint density at radius 3 is 2.74 bits per heavy atom. The monoisotopic (exact) mass is 367 g/mol. The van der Waals surface area contributed by atoms with E-state index in [1.165, 1.54) is 18.4 Å². The van der Waals surface area contributed by atoms with Gasteiger partial charge in [0.2, 0.25) is 0 Å². The summed E-state index contributed by atoms with van der Waals surface area (Å²) < 4.78 is 16.5. The summed E-state index contributed by atoms with van der Waals surface area (Å²) in [5.41, 5.74) is 1.90. The van der Waals surface area contributed by atoms with Crippen LogP contribution in [0.1, 0.15) is 41.1 Å². The summed E-state index contributed by atoms with van der Waals surface area (Å²) in [5.74, 6) is 3.42. The third-order valence-corrected chi connectivity index (χ3v) is 5.26. The molecule has 2 aromatic rings. The van der Waals surface area contributed by atoms with Gasteiger partial charge < -0.3 is 19.5 Å². The number of hydrogen-bond donors (Lipinski definition) is 1. The zero-order valence-corrected chi connectivity index (χ0v) is 15.6. The Kier molecular flexibility index (Phi) is 5.19. The lowest BCUT2D eigenvalue weighted by Gasteiger charge is -2.22. The Morgan fingerprint density at radius 2 is 1.96 bits per heavy atom. The normalized spacial score (nSPS) is 16.5. The molecular weight excluding hydrogens is 342 g/mol. The van der Waals surface area contributed by atoms with Gasteiger partial charge in [-0.15, -0.1) is 0 Å². The van der Waals surface area contributed by atoms with Crippen molar-refractivity contribution in [3.8, 4) is 17.2 Å². The first-order chi connectivity index (χ1) is 13.2. The number of carbonyl (C=O) groups excluding carboxylic acids is 1. The maximum atomic E-state index is 12.4. The van der Waals surface area contributed by atoms with Crippen molar-refractivity contribution in [3.05, 3.63) is 53.6 Å². The largest absolute Gasteiger partial charge is 0.497 e. The van der Waals surface area contributed by atoms with Crippen LogP contribution >= 0.6 is 0 Å². The zero-order valence-electron chi connectivity index (χ0n) is 15.6. The molecule has 0 aromatic heterocycles. The van der Waals surface area contributed by atoms with Crippen molar-refractivity contribution < 1.29 is 19.0 Å². The smallest absolute Gasteiger partial charge is 0.251 e. The highest BCUT2D eigenvalue weighted by molar-refractivity contribution is 5.94. The van der Waals surface area contributed by atoms with E-state index in [1.54, 1.807) is 19.2 Å². The van der Waals surface area contributed by atoms with Gasteiger partial charge in [-0.3, -0.25) is 4.79 Å². The highest BCUT2D eigenvalue weighted by atomic mass is 16.6. The molecule has 1 atom stereocenters. The molecule has 142 valence electrons. The molecule has 1 aliphatic heterocycles. The highest BCUT2D eigenvalue weighted by Crippen LogP contribution is 2.46. The summed E-state index contributed by atoms with van der Waals surface area (Å²) >= 11 is 0. The maximum absolute atomic E-state index is 12.4.